The third kappa shape index (κ3) is 7.48. The maximum atomic E-state index is 13.3. The molecule has 8 nitrogen and oxygen atoms in total. The van der Waals surface area contributed by atoms with Crippen molar-refractivity contribution in [3.8, 4) is 11.5 Å². The molecule has 234 valence electrons. The zero-order valence-electron chi connectivity index (χ0n) is 25.2. The summed E-state index contributed by atoms with van der Waals surface area (Å²) in [5, 5.41) is 0. The first-order valence-corrected chi connectivity index (χ1v) is 14.9. The molecular weight excluding hydrogens is 563 g/mol. The Bertz CT molecular complexity index is 1290. The maximum Gasteiger partial charge on any atom is 0.416 e. The van der Waals surface area contributed by atoms with E-state index in [1.54, 1.807) is 16.8 Å². The molecule has 2 aromatic rings. The maximum absolute atomic E-state index is 13.3. The van der Waals surface area contributed by atoms with E-state index in [-0.39, 0.29) is 24.1 Å². The highest BCUT2D eigenvalue weighted by atomic mass is 19.4. The number of likely N-dealkylation sites (N-methyl/N-ethyl adjacent to an activating group) is 1. The summed E-state index contributed by atoms with van der Waals surface area (Å²) in [6, 6.07) is 10.9. The largest absolute Gasteiger partial charge is 0.490 e. The molecule has 11 heteroatoms. The molecule has 5 rings (SSSR count). The lowest BCUT2D eigenvalue weighted by molar-refractivity contribution is -0.139. The van der Waals surface area contributed by atoms with E-state index in [2.05, 4.69) is 4.90 Å². The second-order valence-corrected chi connectivity index (χ2v) is 12.6. The predicted molar refractivity (Wildman–Crippen MR) is 155 cm³/mol. The van der Waals surface area contributed by atoms with Crippen molar-refractivity contribution in [2.24, 2.45) is 0 Å². The number of alkyl halides is 3. The van der Waals surface area contributed by atoms with Gasteiger partial charge >= 0.3 is 12.3 Å². The number of fused-ring (bicyclic) bond motifs is 1. The summed E-state index contributed by atoms with van der Waals surface area (Å²) in [7, 11) is 1.80. The van der Waals surface area contributed by atoms with E-state index in [1.165, 1.54) is 12.1 Å². The van der Waals surface area contributed by atoms with Crippen molar-refractivity contribution in [3.63, 3.8) is 0 Å². The van der Waals surface area contributed by atoms with Crippen molar-refractivity contribution in [1.82, 2.24) is 9.80 Å². The highest BCUT2D eigenvalue weighted by Crippen LogP contribution is 2.35. The quantitative estimate of drug-likeness (QED) is 0.423. The monoisotopic (exact) mass is 603 g/mol. The molecular formula is C32H40F3N3O5. The van der Waals surface area contributed by atoms with Crippen LogP contribution in [-0.2, 0) is 22.1 Å². The minimum Gasteiger partial charge on any atom is -0.490 e. The topological polar surface area (TPSA) is 71.6 Å². The van der Waals surface area contributed by atoms with Crippen LogP contribution in [0.4, 0.5) is 23.7 Å². The number of nitrogens with zero attached hydrogens (tertiary/aromatic N) is 3. The number of carbonyl (C=O) groups excluding carboxylic acids is 2. The van der Waals surface area contributed by atoms with Crippen LogP contribution in [-0.4, -0.2) is 78.9 Å². The molecule has 43 heavy (non-hydrogen) atoms. The van der Waals surface area contributed by atoms with Crippen LogP contribution in [0.1, 0.15) is 57.6 Å². The first-order valence-electron chi connectivity index (χ1n) is 14.9. The molecule has 2 amide bonds. The summed E-state index contributed by atoms with van der Waals surface area (Å²) in [5.41, 5.74) is 0.504. The molecule has 0 radical (unpaired) electrons. The molecule has 3 aliphatic heterocycles. The number of carbonyl (C=O) groups is 2. The second-order valence-electron chi connectivity index (χ2n) is 12.6. The van der Waals surface area contributed by atoms with Crippen LogP contribution in [0, 0.1) is 0 Å². The summed E-state index contributed by atoms with van der Waals surface area (Å²) in [6.07, 6.45) is -1.98. The molecule has 1 unspecified atom stereocenters. The average molecular weight is 604 g/mol. The summed E-state index contributed by atoms with van der Waals surface area (Å²) in [4.78, 5) is 31.2. The number of ether oxygens (including phenoxy) is 3. The van der Waals surface area contributed by atoms with Gasteiger partial charge in [0, 0.05) is 69.8 Å². The fraction of sp³-hybridized carbons (Fsp3) is 0.562. The number of hydrogen-bond acceptors (Lipinski definition) is 6. The van der Waals surface area contributed by atoms with Crippen molar-refractivity contribution in [2.45, 2.75) is 82.9 Å². The third-order valence-corrected chi connectivity index (χ3v) is 8.30. The van der Waals surface area contributed by atoms with Gasteiger partial charge in [0.05, 0.1) is 5.56 Å². The molecule has 0 bridgehead atoms. The standard InChI is InChI=1S/C32H40F3N3O5/c1-31(2,3)43-30(40)38-15-11-23(12-16-38)36(4)29(39)28-20-21-19-26(9-10-27(21)42-28)41-25-13-17-37(18-14-25)24-7-5-22(6-8-24)32(33,34)35/h5-10,19,23,25,28H,11-18,20H2,1-4H3. The van der Waals surface area contributed by atoms with Gasteiger partial charge in [-0.3, -0.25) is 4.79 Å². The SMILES string of the molecule is CN(C(=O)C1Cc2cc(OC3CCN(c4ccc(C(F)(F)F)cc4)CC3)ccc2O1)C1CCN(C(=O)OC(C)(C)C)CC1. The van der Waals surface area contributed by atoms with Crippen molar-refractivity contribution in [3.05, 3.63) is 53.6 Å². The smallest absolute Gasteiger partial charge is 0.416 e. The fourth-order valence-electron chi connectivity index (χ4n) is 5.89. The molecule has 1 atom stereocenters. The Hall–Kier alpha value is -3.63. The fourth-order valence-corrected chi connectivity index (χ4v) is 5.89. The third-order valence-electron chi connectivity index (χ3n) is 8.30. The number of hydrogen-bond donors (Lipinski definition) is 0. The van der Waals surface area contributed by atoms with Gasteiger partial charge in [-0.1, -0.05) is 0 Å². The van der Waals surface area contributed by atoms with E-state index in [4.69, 9.17) is 14.2 Å². The molecule has 0 spiro atoms. The molecule has 3 aliphatic rings. The van der Waals surface area contributed by atoms with Crippen LogP contribution in [0.15, 0.2) is 42.5 Å². The summed E-state index contributed by atoms with van der Waals surface area (Å²) >= 11 is 0. The first-order chi connectivity index (χ1) is 20.3. The Labute approximate surface area is 250 Å². The van der Waals surface area contributed by atoms with Gasteiger partial charge in [-0.15, -0.1) is 0 Å². The average Bonchev–Trinajstić information content (AvgIpc) is 3.39. The molecule has 0 aliphatic carbocycles. The van der Waals surface area contributed by atoms with Crippen LogP contribution in [0.3, 0.4) is 0 Å². The minimum atomic E-state index is -4.34. The summed E-state index contributed by atoms with van der Waals surface area (Å²) < 4.78 is 56.4. The molecule has 3 heterocycles. The van der Waals surface area contributed by atoms with Gasteiger partial charge in [-0.2, -0.15) is 13.2 Å². The highest BCUT2D eigenvalue weighted by molar-refractivity contribution is 5.83. The summed E-state index contributed by atoms with van der Waals surface area (Å²) in [6.45, 7) is 7.97. The van der Waals surface area contributed by atoms with E-state index in [1.807, 2.05) is 39.0 Å². The molecule has 2 fully saturated rings. The lowest BCUT2D eigenvalue weighted by Gasteiger charge is -2.37. The lowest BCUT2D eigenvalue weighted by Crippen LogP contribution is -2.51. The Balaban J connectivity index is 1.09. The van der Waals surface area contributed by atoms with Gasteiger partial charge in [0.2, 0.25) is 0 Å². The number of anilines is 1. The van der Waals surface area contributed by atoms with Crippen LogP contribution < -0.4 is 14.4 Å². The van der Waals surface area contributed by atoms with E-state index in [0.717, 1.165) is 36.2 Å². The Morgan fingerprint density at radius 2 is 1.58 bits per heavy atom. The van der Waals surface area contributed by atoms with Gasteiger partial charge in [-0.25, -0.2) is 4.79 Å². The highest BCUT2D eigenvalue weighted by Gasteiger charge is 2.36. The number of likely N-dealkylation sites (tertiary alicyclic amines) is 1. The zero-order valence-corrected chi connectivity index (χ0v) is 25.2. The van der Waals surface area contributed by atoms with Gasteiger partial charge < -0.3 is 28.9 Å². The van der Waals surface area contributed by atoms with Gasteiger partial charge in [0.1, 0.15) is 23.2 Å². The molecule has 0 N–H and O–H groups in total. The second kappa shape index (κ2) is 12.2. The number of piperidine rings is 2. The van der Waals surface area contributed by atoms with E-state index in [0.29, 0.717) is 56.9 Å². The summed E-state index contributed by atoms with van der Waals surface area (Å²) in [5.74, 6) is 1.31. The van der Waals surface area contributed by atoms with E-state index < -0.39 is 23.4 Å². The lowest BCUT2D eigenvalue weighted by atomic mass is 10.0. The predicted octanol–water partition coefficient (Wildman–Crippen LogP) is 5.91. The number of amides is 2. The van der Waals surface area contributed by atoms with Gasteiger partial charge in [0.15, 0.2) is 6.10 Å². The van der Waals surface area contributed by atoms with Crippen LogP contribution in [0.5, 0.6) is 11.5 Å². The molecule has 0 aromatic heterocycles. The van der Waals surface area contributed by atoms with Crippen LogP contribution in [0.2, 0.25) is 0 Å². The van der Waals surface area contributed by atoms with Crippen molar-refractivity contribution in [2.75, 3.05) is 38.1 Å². The molecule has 2 saturated heterocycles. The van der Waals surface area contributed by atoms with Crippen molar-refractivity contribution < 1.29 is 37.0 Å². The van der Waals surface area contributed by atoms with Crippen molar-refractivity contribution in [1.29, 1.82) is 0 Å². The Kier molecular flexibility index (Phi) is 8.72. The number of benzene rings is 2. The minimum absolute atomic E-state index is 0.0128. The molecule has 2 aromatic carbocycles. The Morgan fingerprint density at radius 3 is 2.19 bits per heavy atom. The van der Waals surface area contributed by atoms with Crippen LogP contribution in [0.25, 0.3) is 0 Å². The van der Waals surface area contributed by atoms with Crippen LogP contribution >= 0.6 is 0 Å². The van der Waals surface area contributed by atoms with Crippen molar-refractivity contribution >= 4 is 17.7 Å². The normalized spacial score (nSPS) is 19.9. The van der Waals surface area contributed by atoms with Gasteiger partial charge in [0.25, 0.3) is 5.91 Å². The zero-order chi connectivity index (χ0) is 30.9. The number of rotatable bonds is 5. The van der Waals surface area contributed by atoms with E-state index >= 15 is 0 Å². The number of halogens is 3. The first kappa shape index (κ1) is 30.8. The van der Waals surface area contributed by atoms with Gasteiger partial charge in [-0.05, 0) is 76.1 Å². The molecule has 0 saturated carbocycles. The van der Waals surface area contributed by atoms with E-state index in [9.17, 15) is 22.8 Å². The Morgan fingerprint density at radius 1 is 0.930 bits per heavy atom.